The predicted octanol–water partition coefficient (Wildman–Crippen LogP) is 3.70. The van der Waals surface area contributed by atoms with Crippen LogP contribution in [0, 0.1) is 17.6 Å². The Kier molecular flexibility index (Phi) is 6.59. The molecule has 1 aliphatic carbocycles. The molecule has 30 heavy (non-hydrogen) atoms. The predicted molar refractivity (Wildman–Crippen MR) is 110 cm³/mol. The van der Waals surface area contributed by atoms with Gasteiger partial charge in [0.2, 0.25) is 0 Å². The quantitative estimate of drug-likeness (QED) is 0.348. The van der Waals surface area contributed by atoms with E-state index in [-0.39, 0.29) is 28.0 Å². The number of alkyl halides is 1. The number of thioether (sulfide) groups is 1. The van der Waals surface area contributed by atoms with Crippen molar-refractivity contribution < 1.29 is 23.1 Å². The fourth-order valence-corrected chi connectivity index (χ4v) is 4.85. The van der Waals surface area contributed by atoms with Crippen LogP contribution in [0.25, 0.3) is 0 Å². The number of amidine groups is 1. The third-order valence-corrected chi connectivity index (χ3v) is 6.75. The lowest BCUT2D eigenvalue weighted by molar-refractivity contribution is 0.102. The van der Waals surface area contributed by atoms with E-state index in [1.807, 2.05) is 0 Å². The highest BCUT2D eigenvalue weighted by molar-refractivity contribution is 8.15. The molecule has 1 aromatic heterocycles. The number of hydrogen-bond donors (Lipinski definition) is 3. The summed E-state index contributed by atoms with van der Waals surface area (Å²) in [4.78, 5) is 19.7. The molecule has 4 N–H and O–H groups in total. The van der Waals surface area contributed by atoms with Gasteiger partial charge >= 0.3 is 0 Å². The van der Waals surface area contributed by atoms with E-state index in [0.717, 1.165) is 17.8 Å². The number of nitrogens with zero attached hydrogens (tertiary/aromatic N) is 2. The van der Waals surface area contributed by atoms with Gasteiger partial charge in [0.1, 0.15) is 5.69 Å². The molecule has 1 saturated carbocycles. The molecule has 0 bridgehead atoms. The van der Waals surface area contributed by atoms with Gasteiger partial charge in [0, 0.05) is 23.9 Å². The molecule has 3 atom stereocenters. The van der Waals surface area contributed by atoms with E-state index in [2.05, 4.69) is 15.3 Å². The zero-order valence-electron chi connectivity index (χ0n) is 15.7. The maximum atomic E-state index is 14.6. The number of aromatic nitrogens is 1. The Hall–Kier alpha value is -2.30. The molecule has 1 fully saturated rings. The highest BCUT2D eigenvalue weighted by atomic mass is 35.5. The summed E-state index contributed by atoms with van der Waals surface area (Å²) in [6, 6.07) is 5.02. The number of aliphatic hydroxyl groups is 1. The van der Waals surface area contributed by atoms with Crippen molar-refractivity contribution in [2.75, 3.05) is 18.7 Å². The van der Waals surface area contributed by atoms with Crippen molar-refractivity contribution in [1.82, 2.24) is 4.98 Å². The SMILES string of the molecule is CC1C(c2cc(NC(=O)c3ccc(Cl)cn3)cc(F)c2F)[C@@]1(CO)S/C(N)=N\CF. The molecule has 0 spiro atoms. The van der Waals surface area contributed by atoms with E-state index in [4.69, 9.17) is 17.3 Å². The Morgan fingerprint density at radius 2 is 2.17 bits per heavy atom. The molecule has 1 amide bonds. The van der Waals surface area contributed by atoms with Gasteiger partial charge in [-0.25, -0.2) is 23.1 Å². The summed E-state index contributed by atoms with van der Waals surface area (Å²) in [5, 5.41) is 12.6. The van der Waals surface area contributed by atoms with E-state index in [1.165, 1.54) is 24.4 Å². The number of nitrogens with one attached hydrogen (secondary N) is 1. The largest absolute Gasteiger partial charge is 0.395 e. The highest BCUT2D eigenvalue weighted by Crippen LogP contribution is 2.65. The lowest BCUT2D eigenvalue weighted by Gasteiger charge is -2.15. The van der Waals surface area contributed by atoms with Crippen LogP contribution in [0.3, 0.4) is 0 Å². The lowest BCUT2D eigenvalue weighted by atomic mass is 10.1. The molecule has 1 heterocycles. The summed E-state index contributed by atoms with van der Waals surface area (Å²) in [5.74, 6) is -3.81. The smallest absolute Gasteiger partial charge is 0.274 e. The number of amides is 1. The van der Waals surface area contributed by atoms with Gasteiger partial charge in [0.05, 0.1) is 16.4 Å². The number of anilines is 1. The normalized spacial score (nSPS) is 23.3. The number of hydrogen-bond acceptors (Lipinski definition) is 5. The zero-order valence-corrected chi connectivity index (χ0v) is 17.3. The van der Waals surface area contributed by atoms with Crippen molar-refractivity contribution in [2.45, 2.75) is 17.6 Å². The Balaban J connectivity index is 1.89. The summed E-state index contributed by atoms with van der Waals surface area (Å²) >= 11 is 6.66. The molecule has 2 aromatic rings. The van der Waals surface area contributed by atoms with E-state index < -0.39 is 41.6 Å². The Morgan fingerprint density at radius 3 is 2.77 bits per heavy atom. The number of rotatable bonds is 6. The van der Waals surface area contributed by atoms with Crippen LogP contribution in [-0.2, 0) is 0 Å². The van der Waals surface area contributed by atoms with Gasteiger partial charge in [-0.05, 0) is 29.7 Å². The second-order valence-electron chi connectivity index (χ2n) is 6.77. The standard InChI is InChI=1S/C19H18ClF3N4O2S/c1-9-15(19(9,7-28)30-18(24)26-8-21)12-4-11(5-13(22)16(12)23)27-17(29)14-3-2-10(20)6-25-14/h2-6,9,15,28H,7-8H2,1H3,(H2,24,26)(H,27,29)/t9?,15?,19-/m0/s1. The summed E-state index contributed by atoms with van der Waals surface area (Å²) in [6.07, 6.45) is 1.29. The third kappa shape index (κ3) is 4.26. The Bertz CT molecular complexity index is 992. The van der Waals surface area contributed by atoms with Crippen LogP contribution in [0.4, 0.5) is 18.9 Å². The van der Waals surface area contributed by atoms with Gasteiger partial charge in [-0.1, -0.05) is 30.3 Å². The summed E-state index contributed by atoms with van der Waals surface area (Å²) in [7, 11) is 0. The molecule has 0 radical (unpaired) electrons. The summed E-state index contributed by atoms with van der Waals surface area (Å²) in [6.45, 7) is 0.303. The van der Waals surface area contributed by atoms with Crippen LogP contribution in [0.1, 0.15) is 28.9 Å². The third-order valence-electron chi connectivity index (χ3n) is 5.05. The van der Waals surface area contributed by atoms with E-state index in [1.54, 1.807) is 6.92 Å². The molecule has 0 saturated heterocycles. The van der Waals surface area contributed by atoms with Crippen LogP contribution >= 0.6 is 23.4 Å². The summed E-state index contributed by atoms with van der Waals surface area (Å²) in [5.41, 5.74) is 5.68. The number of aliphatic hydroxyl groups excluding tert-OH is 1. The van der Waals surface area contributed by atoms with Crippen LogP contribution in [0.2, 0.25) is 5.02 Å². The first-order chi connectivity index (χ1) is 14.2. The minimum absolute atomic E-state index is 0.0204. The maximum absolute atomic E-state index is 14.6. The second-order valence-corrected chi connectivity index (χ2v) is 8.59. The monoisotopic (exact) mass is 458 g/mol. The molecule has 1 aromatic carbocycles. The Morgan fingerprint density at radius 1 is 1.43 bits per heavy atom. The van der Waals surface area contributed by atoms with Crippen molar-refractivity contribution in [3.63, 3.8) is 0 Å². The van der Waals surface area contributed by atoms with Gasteiger partial charge < -0.3 is 16.2 Å². The maximum Gasteiger partial charge on any atom is 0.274 e. The van der Waals surface area contributed by atoms with Gasteiger partial charge in [-0.3, -0.25) is 4.79 Å². The molecule has 6 nitrogen and oxygen atoms in total. The average Bonchev–Trinajstić information content (AvgIpc) is 3.28. The summed E-state index contributed by atoms with van der Waals surface area (Å²) < 4.78 is 40.3. The van der Waals surface area contributed by atoms with Crippen molar-refractivity contribution in [3.8, 4) is 0 Å². The molecule has 3 rings (SSSR count). The molecular formula is C19H18ClF3N4O2S. The number of halogens is 4. The zero-order chi connectivity index (χ0) is 22.1. The van der Waals surface area contributed by atoms with E-state index in [0.29, 0.717) is 5.02 Å². The molecule has 0 aliphatic heterocycles. The first-order valence-electron chi connectivity index (χ1n) is 8.81. The van der Waals surface area contributed by atoms with Crippen LogP contribution in [0.15, 0.2) is 35.5 Å². The molecule has 2 unspecified atom stereocenters. The van der Waals surface area contributed by atoms with Gasteiger partial charge in [0.25, 0.3) is 5.91 Å². The average molecular weight is 459 g/mol. The fourth-order valence-electron chi connectivity index (χ4n) is 3.46. The number of benzene rings is 1. The number of pyridine rings is 1. The number of nitrogens with two attached hydrogens (primary N) is 1. The Labute approximate surface area is 179 Å². The van der Waals surface area contributed by atoms with Gasteiger partial charge in [0.15, 0.2) is 23.6 Å². The number of carbonyl (C=O) groups excluding carboxylic acids is 1. The van der Waals surface area contributed by atoms with E-state index >= 15 is 0 Å². The van der Waals surface area contributed by atoms with Crippen molar-refractivity contribution in [1.29, 1.82) is 0 Å². The first-order valence-corrected chi connectivity index (χ1v) is 10.0. The van der Waals surface area contributed by atoms with Crippen molar-refractivity contribution in [2.24, 2.45) is 16.6 Å². The van der Waals surface area contributed by atoms with Crippen molar-refractivity contribution in [3.05, 3.63) is 58.4 Å². The van der Waals surface area contributed by atoms with Crippen LogP contribution < -0.4 is 11.1 Å². The minimum atomic E-state index is -1.16. The topological polar surface area (TPSA) is 101 Å². The molecule has 1 aliphatic rings. The minimum Gasteiger partial charge on any atom is -0.395 e. The second kappa shape index (κ2) is 8.83. The van der Waals surface area contributed by atoms with Gasteiger partial charge in [-0.15, -0.1) is 0 Å². The lowest BCUT2D eigenvalue weighted by Crippen LogP contribution is -2.22. The van der Waals surface area contributed by atoms with Gasteiger partial charge in [-0.2, -0.15) is 0 Å². The van der Waals surface area contributed by atoms with Crippen LogP contribution in [-0.4, -0.2) is 39.3 Å². The number of aliphatic imine (C=N–C) groups is 1. The molecule has 11 heteroatoms. The van der Waals surface area contributed by atoms with Crippen molar-refractivity contribution >= 4 is 40.1 Å². The molecule has 160 valence electrons. The fraction of sp³-hybridized carbons (Fsp3) is 0.316. The molecular weight excluding hydrogens is 441 g/mol. The first kappa shape index (κ1) is 22.4. The highest BCUT2D eigenvalue weighted by Gasteiger charge is 2.64. The number of carbonyl (C=O) groups is 1. The van der Waals surface area contributed by atoms with E-state index in [9.17, 15) is 23.1 Å². The van der Waals surface area contributed by atoms with Crippen LogP contribution in [0.5, 0.6) is 0 Å².